The largest absolute Gasteiger partial charge is 0.477 e. The van der Waals surface area contributed by atoms with Gasteiger partial charge in [0.25, 0.3) is 0 Å². The predicted molar refractivity (Wildman–Crippen MR) is 101 cm³/mol. The third kappa shape index (κ3) is 4.81. The molecule has 0 unspecified atom stereocenters. The normalized spacial score (nSPS) is 14.7. The molecule has 0 spiro atoms. The van der Waals surface area contributed by atoms with Gasteiger partial charge in [0.1, 0.15) is 17.2 Å². The van der Waals surface area contributed by atoms with Crippen molar-refractivity contribution in [3.8, 4) is 0 Å². The molecule has 0 atom stereocenters. The van der Waals surface area contributed by atoms with Gasteiger partial charge in [-0.15, -0.1) is 0 Å². The van der Waals surface area contributed by atoms with Crippen LogP contribution in [-0.2, 0) is 23.1 Å². The first kappa shape index (κ1) is 19.2. The number of anilines is 1. The van der Waals surface area contributed by atoms with Crippen molar-refractivity contribution in [2.24, 2.45) is 0 Å². The van der Waals surface area contributed by atoms with E-state index in [0.717, 1.165) is 37.8 Å². The summed E-state index contributed by atoms with van der Waals surface area (Å²) >= 11 is 0. The summed E-state index contributed by atoms with van der Waals surface area (Å²) in [7, 11) is -3.50. The van der Waals surface area contributed by atoms with Crippen molar-refractivity contribution in [3.63, 3.8) is 0 Å². The molecule has 1 aliphatic rings. The number of aromatic nitrogens is 2. The maximum absolute atomic E-state index is 12.2. The first-order valence-electron chi connectivity index (χ1n) is 8.68. The minimum atomic E-state index is -3.50. The SMILES string of the molecule is CS(=O)(=O)N(Cc1ccccc1)Cc1ncc(C(=O)O)c(N2CCCC2)n1. The summed E-state index contributed by atoms with van der Waals surface area (Å²) in [5.74, 6) is -0.450. The summed E-state index contributed by atoms with van der Waals surface area (Å²) in [6.45, 7) is 1.64. The lowest BCUT2D eigenvalue weighted by Gasteiger charge is -2.22. The molecule has 1 aliphatic heterocycles. The quantitative estimate of drug-likeness (QED) is 0.768. The van der Waals surface area contributed by atoms with E-state index in [0.29, 0.717) is 5.82 Å². The second-order valence-electron chi connectivity index (χ2n) is 6.54. The smallest absolute Gasteiger partial charge is 0.341 e. The molecule has 0 bridgehead atoms. The van der Waals surface area contributed by atoms with Gasteiger partial charge in [0.05, 0.1) is 12.8 Å². The standard InChI is InChI=1S/C18H22N4O4S/c1-27(25,26)22(12-14-7-3-2-4-8-14)13-16-19-11-15(18(23)24)17(20-16)21-9-5-6-10-21/h2-4,7-8,11H,5-6,9-10,12-13H2,1H3,(H,23,24). The van der Waals surface area contributed by atoms with Gasteiger partial charge in [0, 0.05) is 25.8 Å². The molecule has 0 aliphatic carbocycles. The van der Waals surface area contributed by atoms with E-state index in [2.05, 4.69) is 9.97 Å². The first-order valence-corrected chi connectivity index (χ1v) is 10.5. The van der Waals surface area contributed by atoms with Crippen LogP contribution in [0.4, 0.5) is 5.82 Å². The predicted octanol–water partition coefficient (Wildman–Crippen LogP) is 1.74. The lowest BCUT2D eigenvalue weighted by atomic mass is 10.2. The second-order valence-corrected chi connectivity index (χ2v) is 8.52. The highest BCUT2D eigenvalue weighted by atomic mass is 32.2. The number of rotatable bonds is 7. The first-order chi connectivity index (χ1) is 12.8. The lowest BCUT2D eigenvalue weighted by Crippen LogP contribution is -2.30. The molecule has 1 fully saturated rings. The highest BCUT2D eigenvalue weighted by Gasteiger charge is 2.24. The third-order valence-corrected chi connectivity index (χ3v) is 5.64. The number of hydrogen-bond donors (Lipinski definition) is 1. The van der Waals surface area contributed by atoms with Gasteiger partial charge in [-0.1, -0.05) is 30.3 Å². The molecular weight excluding hydrogens is 368 g/mol. The highest BCUT2D eigenvalue weighted by molar-refractivity contribution is 7.88. The molecule has 1 N–H and O–H groups in total. The van der Waals surface area contributed by atoms with Crippen LogP contribution in [0.1, 0.15) is 34.6 Å². The van der Waals surface area contributed by atoms with Gasteiger partial charge in [0.2, 0.25) is 10.0 Å². The van der Waals surface area contributed by atoms with Crippen LogP contribution in [-0.4, -0.2) is 53.1 Å². The number of nitrogens with zero attached hydrogens (tertiary/aromatic N) is 4. The highest BCUT2D eigenvalue weighted by Crippen LogP contribution is 2.23. The monoisotopic (exact) mass is 390 g/mol. The summed E-state index contributed by atoms with van der Waals surface area (Å²) in [5, 5.41) is 9.41. The fourth-order valence-corrected chi connectivity index (χ4v) is 3.77. The average Bonchev–Trinajstić information content (AvgIpc) is 3.15. The molecule has 0 saturated carbocycles. The van der Waals surface area contributed by atoms with Gasteiger partial charge >= 0.3 is 5.97 Å². The molecule has 2 heterocycles. The van der Waals surface area contributed by atoms with E-state index < -0.39 is 16.0 Å². The van der Waals surface area contributed by atoms with E-state index in [1.165, 1.54) is 10.5 Å². The van der Waals surface area contributed by atoms with E-state index in [4.69, 9.17) is 0 Å². The lowest BCUT2D eigenvalue weighted by molar-refractivity contribution is 0.0696. The zero-order valence-electron chi connectivity index (χ0n) is 15.1. The average molecular weight is 390 g/mol. The molecule has 1 aromatic heterocycles. The Morgan fingerprint density at radius 3 is 2.44 bits per heavy atom. The molecule has 9 heteroatoms. The van der Waals surface area contributed by atoms with Gasteiger partial charge in [0.15, 0.2) is 0 Å². The molecule has 27 heavy (non-hydrogen) atoms. The van der Waals surface area contributed by atoms with E-state index in [9.17, 15) is 18.3 Å². The molecule has 0 amide bonds. The number of hydrogen-bond acceptors (Lipinski definition) is 6. The Morgan fingerprint density at radius 1 is 1.19 bits per heavy atom. The Bertz CT molecular complexity index is 912. The van der Waals surface area contributed by atoms with Gasteiger partial charge in [-0.2, -0.15) is 4.31 Å². The van der Waals surface area contributed by atoms with Crippen molar-refractivity contribution < 1.29 is 18.3 Å². The molecule has 1 aromatic carbocycles. The summed E-state index contributed by atoms with van der Waals surface area (Å²) in [6.07, 6.45) is 4.36. The van der Waals surface area contributed by atoms with Gasteiger partial charge < -0.3 is 10.0 Å². The number of carboxylic acids is 1. The van der Waals surface area contributed by atoms with E-state index >= 15 is 0 Å². The maximum Gasteiger partial charge on any atom is 0.341 e. The van der Waals surface area contributed by atoms with E-state index in [1.54, 1.807) is 0 Å². The second kappa shape index (κ2) is 8.01. The fraction of sp³-hybridized carbons (Fsp3) is 0.389. The Hall–Kier alpha value is -2.52. The zero-order valence-corrected chi connectivity index (χ0v) is 15.9. The topological polar surface area (TPSA) is 104 Å². The molecule has 0 radical (unpaired) electrons. The zero-order chi connectivity index (χ0) is 19.4. The third-order valence-electron chi connectivity index (χ3n) is 4.44. The molecule has 144 valence electrons. The number of benzene rings is 1. The Labute approximate surface area is 158 Å². The molecular formula is C18H22N4O4S. The summed E-state index contributed by atoms with van der Waals surface area (Å²) in [5.41, 5.74) is 0.888. The van der Waals surface area contributed by atoms with Crippen molar-refractivity contribution in [3.05, 3.63) is 53.5 Å². The maximum atomic E-state index is 12.2. The number of carbonyl (C=O) groups is 1. The van der Waals surface area contributed by atoms with Crippen LogP contribution in [0.25, 0.3) is 0 Å². The van der Waals surface area contributed by atoms with Gasteiger partial charge in [-0.25, -0.2) is 23.2 Å². The van der Waals surface area contributed by atoms with Crippen LogP contribution in [0.3, 0.4) is 0 Å². The summed E-state index contributed by atoms with van der Waals surface area (Å²) in [4.78, 5) is 21.9. The van der Waals surface area contributed by atoms with Crippen LogP contribution >= 0.6 is 0 Å². The van der Waals surface area contributed by atoms with E-state index in [1.807, 2.05) is 35.2 Å². The Balaban J connectivity index is 1.89. The molecule has 2 aromatic rings. The van der Waals surface area contributed by atoms with Gasteiger partial charge in [-0.3, -0.25) is 0 Å². The van der Waals surface area contributed by atoms with Crippen molar-refractivity contribution in [2.45, 2.75) is 25.9 Å². The van der Waals surface area contributed by atoms with Crippen LogP contribution in [0, 0.1) is 0 Å². The summed E-state index contributed by atoms with van der Waals surface area (Å²) in [6, 6.07) is 9.26. The molecule has 1 saturated heterocycles. The van der Waals surface area contributed by atoms with Gasteiger partial charge in [-0.05, 0) is 18.4 Å². The molecule has 3 rings (SSSR count). The number of sulfonamides is 1. The van der Waals surface area contributed by atoms with Crippen LogP contribution in [0.15, 0.2) is 36.5 Å². The summed E-state index contributed by atoms with van der Waals surface area (Å²) < 4.78 is 25.7. The minimum Gasteiger partial charge on any atom is -0.477 e. The molecule has 8 nitrogen and oxygen atoms in total. The van der Waals surface area contributed by atoms with Crippen molar-refractivity contribution in [1.29, 1.82) is 0 Å². The fourth-order valence-electron chi connectivity index (χ4n) is 3.04. The number of carboxylic acid groups (broad SMARTS) is 1. The van der Waals surface area contributed by atoms with Crippen molar-refractivity contribution in [1.82, 2.24) is 14.3 Å². The Kier molecular flexibility index (Phi) is 5.71. The minimum absolute atomic E-state index is 0.0194. The Morgan fingerprint density at radius 2 is 1.85 bits per heavy atom. The van der Waals surface area contributed by atoms with Crippen LogP contribution in [0.5, 0.6) is 0 Å². The van der Waals surface area contributed by atoms with Crippen molar-refractivity contribution in [2.75, 3.05) is 24.2 Å². The number of aromatic carboxylic acids is 1. The van der Waals surface area contributed by atoms with Crippen LogP contribution < -0.4 is 4.90 Å². The van der Waals surface area contributed by atoms with E-state index in [-0.39, 0.29) is 24.5 Å². The van der Waals surface area contributed by atoms with Crippen LogP contribution in [0.2, 0.25) is 0 Å². The van der Waals surface area contributed by atoms with Crippen molar-refractivity contribution >= 4 is 21.8 Å².